The molecule has 0 saturated carbocycles. The molecule has 8 aromatic carbocycles. The van der Waals surface area contributed by atoms with Gasteiger partial charge in [-0.25, -0.2) is 0 Å². The van der Waals surface area contributed by atoms with Crippen LogP contribution in [0.1, 0.15) is 49.1 Å². The van der Waals surface area contributed by atoms with Crippen LogP contribution in [0.15, 0.2) is 209 Å². The van der Waals surface area contributed by atoms with Gasteiger partial charge in [0.25, 0.3) is 0 Å². The zero-order valence-corrected chi connectivity index (χ0v) is 36.9. The van der Waals surface area contributed by atoms with Crippen LogP contribution >= 0.6 is 0 Å². The number of benzene rings is 8. The van der Waals surface area contributed by atoms with Crippen molar-refractivity contribution in [2.24, 2.45) is 0 Å². The zero-order valence-electron chi connectivity index (χ0n) is 36.9. The maximum Gasteiger partial charge on any atom is 0.135 e. The molecular formula is C63H45NO2. The Balaban J connectivity index is 0.957. The predicted molar refractivity (Wildman–Crippen MR) is 277 cm³/mol. The number of allylic oxidation sites excluding steroid dienone is 6. The van der Waals surface area contributed by atoms with Gasteiger partial charge in [-0.3, -0.25) is 0 Å². The Morgan fingerprint density at radius 2 is 0.985 bits per heavy atom. The third-order valence-electron chi connectivity index (χ3n) is 14.1. The Morgan fingerprint density at radius 3 is 1.70 bits per heavy atom. The first-order chi connectivity index (χ1) is 32.5. The second kappa shape index (κ2) is 15.0. The highest BCUT2D eigenvalue weighted by atomic mass is 16.3. The monoisotopic (exact) mass is 847 g/mol. The van der Waals surface area contributed by atoms with Crippen LogP contribution in [0.3, 0.4) is 0 Å². The Kier molecular flexibility index (Phi) is 8.69. The van der Waals surface area contributed by atoms with Crippen molar-refractivity contribution < 1.29 is 8.83 Å². The number of hydrogen-bond donors (Lipinski definition) is 0. The molecule has 11 aromatic rings. The molecule has 3 aromatic heterocycles. The minimum Gasteiger partial charge on any atom is -0.456 e. The molecule has 2 aliphatic rings. The van der Waals surface area contributed by atoms with Gasteiger partial charge in [-0.2, -0.15) is 0 Å². The van der Waals surface area contributed by atoms with Crippen LogP contribution in [0, 0.1) is 0 Å². The summed E-state index contributed by atoms with van der Waals surface area (Å²) in [4.78, 5) is 0. The molecule has 66 heavy (non-hydrogen) atoms. The average Bonchev–Trinajstić information content (AvgIpc) is 4.07. The van der Waals surface area contributed by atoms with E-state index in [-0.39, 0.29) is 5.41 Å². The molecule has 3 nitrogen and oxygen atoms in total. The molecule has 0 aliphatic heterocycles. The summed E-state index contributed by atoms with van der Waals surface area (Å²) in [6, 6.07) is 60.0. The summed E-state index contributed by atoms with van der Waals surface area (Å²) in [5.41, 5.74) is 19.5. The number of rotatable bonds is 4. The Hall–Kier alpha value is -8.14. The lowest BCUT2D eigenvalue weighted by atomic mass is 9.79. The van der Waals surface area contributed by atoms with E-state index in [1.54, 1.807) is 0 Å². The van der Waals surface area contributed by atoms with E-state index in [2.05, 4.69) is 231 Å². The van der Waals surface area contributed by atoms with Crippen molar-refractivity contribution in [3.8, 4) is 50.2 Å². The van der Waals surface area contributed by atoms with E-state index in [1.165, 1.54) is 71.9 Å². The number of hydrogen-bond acceptors (Lipinski definition) is 2. The second-order valence-electron chi connectivity index (χ2n) is 18.3. The summed E-state index contributed by atoms with van der Waals surface area (Å²) in [5, 5.41) is 5.92. The van der Waals surface area contributed by atoms with Gasteiger partial charge in [0, 0.05) is 43.6 Å². The van der Waals surface area contributed by atoms with Crippen molar-refractivity contribution in [2.75, 3.05) is 0 Å². The summed E-state index contributed by atoms with van der Waals surface area (Å²) >= 11 is 0. The quantitative estimate of drug-likeness (QED) is 0.177. The van der Waals surface area contributed by atoms with Gasteiger partial charge in [-0.05, 0) is 147 Å². The maximum absolute atomic E-state index is 6.45. The average molecular weight is 848 g/mol. The normalized spacial score (nSPS) is 16.2. The van der Waals surface area contributed by atoms with E-state index in [1.807, 2.05) is 0 Å². The summed E-state index contributed by atoms with van der Waals surface area (Å²) in [7, 11) is 0. The molecule has 0 fully saturated rings. The molecule has 314 valence electrons. The van der Waals surface area contributed by atoms with E-state index in [4.69, 9.17) is 8.83 Å². The van der Waals surface area contributed by atoms with Crippen molar-refractivity contribution in [1.29, 1.82) is 0 Å². The van der Waals surface area contributed by atoms with Gasteiger partial charge in [-0.15, -0.1) is 0 Å². The molecule has 0 radical (unpaired) electrons. The molecule has 0 amide bonds. The van der Waals surface area contributed by atoms with Gasteiger partial charge in [0.2, 0.25) is 0 Å². The molecule has 3 heterocycles. The lowest BCUT2D eigenvalue weighted by Crippen LogP contribution is -2.15. The molecule has 0 saturated heterocycles. The van der Waals surface area contributed by atoms with Crippen LogP contribution in [-0.4, -0.2) is 4.57 Å². The predicted octanol–water partition coefficient (Wildman–Crippen LogP) is 17.7. The first-order valence-corrected chi connectivity index (χ1v) is 23.1. The van der Waals surface area contributed by atoms with Crippen molar-refractivity contribution in [1.82, 2.24) is 4.57 Å². The third-order valence-corrected chi connectivity index (χ3v) is 14.1. The van der Waals surface area contributed by atoms with Crippen LogP contribution in [0.4, 0.5) is 0 Å². The zero-order chi connectivity index (χ0) is 43.9. The number of aromatic nitrogens is 1. The molecule has 13 rings (SSSR count). The first-order valence-electron chi connectivity index (χ1n) is 23.1. The van der Waals surface area contributed by atoms with Gasteiger partial charge >= 0.3 is 0 Å². The summed E-state index contributed by atoms with van der Waals surface area (Å²) in [5.74, 6) is 0.867. The summed E-state index contributed by atoms with van der Waals surface area (Å²) < 4.78 is 15.3. The lowest BCUT2D eigenvalue weighted by molar-refractivity contribution is 0.603. The highest BCUT2D eigenvalue weighted by Gasteiger charge is 2.38. The highest BCUT2D eigenvalue weighted by molar-refractivity contribution is 6.16. The number of nitrogens with zero attached hydrogens (tertiary/aromatic N) is 1. The molecule has 0 N–H and O–H groups in total. The van der Waals surface area contributed by atoms with Crippen molar-refractivity contribution in [3.05, 3.63) is 223 Å². The standard InChI is InChI=1S/C63H45NO2/c1-63(2)54-39-45(44-27-34-60-52(37-44)51-35-41(25-32-59(51)66-60)40-17-11-9-12-18-40)23-28-47(54)49-29-31-56-61(62(49)63)53-38-42(24-30-55(53)64(56)46-19-13-10-14-20-46)43-26-33-58-50(36-43)48-21-15-7-5-3-4-6-8-16-22-57(48)65-58/h5-39H,3-4H2,1-2H3/b7-5+,8-6-,21-15+,22-16-. The van der Waals surface area contributed by atoms with E-state index >= 15 is 0 Å². The van der Waals surface area contributed by atoms with Crippen molar-refractivity contribution in [2.45, 2.75) is 32.1 Å². The van der Waals surface area contributed by atoms with Crippen LogP contribution in [0.2, 0.25) is 0 Å². The fraction of sp³-hybridized carbons (Fsp3) is 0.0794. The first kappa shape index (κ1) is 38.3. The maximum atomic E-state index is 6.45. The minimum absolute atomic E-state index is 0.284. The van der Waals surface area contributed by atoms with Gasteiger partial charge < -0.3 is 13.4 Å². The fourth-order valence-corrected chi connectivity index (χ4v) is 10.8. The van der Waals surface area contributed by atoms with Crippen LogP contribution < -0.4 is 0 Å². The molecular weight excluding hydrogens is 803 g/mol. The van der Waals surface area contributed by atoms with Crippen LogP contribution in [-0.2, 0) is 5.41 Å². The number of furan rings is 2. The molecule has 0 spiro atoms. The topological polar surface area (TPSA) is 31.2 Å². The molecule has 0 bridgehead atoms. The molecule has 3 heteroatoms. The summed E-state index contributed by atoms with van der Waals surface area (Å²) in [6.45, 7) is 4.83. The largest absolute Gasteiger partial charge is 0.456 e. The molecule has 0 unspecified atom stereocenters. The smallest absolute Gasteiger partial charge is 0.135 e. The number of para-hydroxylation sites is 1. The summed E-state index contributed by atoms with van der Waals surface area (Å²) in [6.07, 6.45) is 19.2. The van der Waals surface area contributed by atoms with Gasteiger partial charge in [-0.1, -0.05) is 147 Å². The lowest BCUT2D eigenvalue weighted by Gasteiger charge is -2.23. The van der Waals surface area contributed by atoms with Crippen LogP contribution in [0.5, 0.6) is 0 Å². The highest BCUT2D eigenvalue weighted by Crippen LogP contribution is 2.54. The van der Waals surface area contributed by atoms with E-state index in [0.29, 0.717) is 0 Å². The second-order valence-corrected chi connectivity index (χ2v) is 18.3. The van der Waals surface area contributed by atoms with Crippen LogP contribution in [0.25, 0.3) is 117 Å². The number of fused-ring (bicyclic) bond motifs is 13. The van der Waals surface area contributed by atoms with Gasteiger partial charge in [0.05, 0.1) is 11.0 Å². The Morgan fingerprint density at radius 1 is 0.439 bits per heavy atom. The van der Waals surface area contributed by atoms with E-state index in [9.17, 15) is 0 Å². The third kappa shape index (κ3) is 6.04. The minimum atomic E-state index is -0.284. The van der Waals surface area contributed by atoms with E-state index in [0.717, 1.165) is 68.3 Å². The van der Waals surface area contributed by atoms with Gasteiger partial charge in [0.1, 0.15) is 22.5 Å². The molecule has 0 atom stereocenters. The van der Waals surface area contributed by atoms with Gasteiger partial charge in [0.15, 0.2) is 0 Å². The van der Waals surface area contributed by atoms with E-state index < -0.39 is 0 Å². The fourth-order valence-electron chi connectivity index (χ4n) is 10.8. The Labute approximate surface area is 383 Å². The SMILES string of the molecule is CC1(C)c2cc(-c3ccc4oc5ccc(-c6ccccc6)cc5c4c3)ccc2-c2ccc3c(c21)c1cc(-c2ccc4oc5c(c4c2)/C=C/C=C/CC/C=C\C=C/5)ccc1n3-c1ccccc1. The Bertz CT molecular complexity index is 3880. The molecule has 2 aliphatic carbocycles. The van der Waals surface area contributed by atoms with Crippen molar-refractivity contribution in [3.63, 3.8) is 0 Å². The van der Waals surface area contributed by atoms with Crippen molar-refractivity contribution >= 4 is 66.9 Å².